The van der Waals surface area contributed by atoms with Gasteiger partial charge in [-0.3, -0.25) is 0 Å². The number of thioether (sulfide) groups is 1. The first-order chi connectivity index (χ1) is 5.20. The molecule has 2 rings (SSSR count). The summed E-state index contributed by atoms with van der Waals surface area (Å²) in [5.41, 5.74) is -0.246. The molecule has 1 unspecified atom stereocenters. The summed E-state index contributed by atoms with van der Waals surface area (Å²) in [6.07, 6.45) is 0. The van der Waals surface area contributed by atoms with Crippen LogP contribution >= 0.6 is 24.4 Å². The quantitative estimate of drug-likeness (QED) is 0.481. The van der Waals surface area contributed by atoms with E-state index in [1.165, 1.54) is 5.04 Å². The topological polar surface area (TPSA) is 20.1 Å². The van der Waals surface area contributed by atoms with Crippen LogP contribution in [0.15, 0.2) is 0 Å². The van der Waals surface area contributed by atoms with Crippen LogP contribution in [0.4, 0.5) is 0 Å². The van der Waals surface area contributed by atoms with E-state index in [9.17, 15) is 4.79 Å². The largest absolute Gasteiger partial charge is 0.405 e. The van der Waals surface area contributed by atoms with Crippen LogP contribution in [0.3, 0.4) is 0 Å². The third kappa shape index (κ3) is 0.770. The van der Waals surface area contributed by atoms with E-state index in [2.05, 4.69) is 12.6 Å². The van der Waals surface area contributed by atoms with E-state index < -0.39 is 0 Å². The summed E-state index contributed by atoms with van der Waals surface area (Å²) in [7, 11) is 0. The maximum absolute atomic E-state index is 11.4. The average Bonchev–Trinajstić information content (AvgIpc) is 2.48. The van der Waals surface area contributed by atoms with Crippen molar-refractivity contribution in [1.82, 2.24) is 0 Å². The van der Waals surface area contributed by atoms with Gasteiger partial charge in [0.15, 0.2) is 12.0 Å². The number of hydrogen-bond donors (Lipinski definition) is 1. The lowest BCUT2D eigenvalue weighted by atomic mass is 9.87. The molecule has 11 heavy (non-hydrogen) atoms. The second-order valence-corrected chi connectivity index (χ2v) is 4.50. The number of carbonyl (C=O) groups is 1. The van der Waals surface area contributed by atoms with Crippen molar-refractivity contribution < 1.29 is 9.37 Å². The molecule has 0 radical (unpaired) electrons. The first-order valence-electron chi connectivity index (χ1n) is 3.63. The molecule has 0 saturated heterocycles. The van der Waals surface area contributed by atoms with Crippen molar-refractivity contribution in [2.75, 3.05) is 18.1 Å². The summed E-state index contributed by atoms with van der Waals surface area (Å²) in [4.78, 5) is 11.4. The molecule has 0 N–H and O–H groups in total. The Hall–Kier alpha value is 0.0400. The normalized spacial score (nSPS) is 35.6. The second kappa shape index (κ2) is 2.26. The molecule has 0 aromatic rings. The molecule has 0 spiro atoms. The minimum absolute atomic E-state index is 0.246. The molecule has 0 bridgehead atoms. The minimum atomic E-state index is -0.246. The molecule has 0 aromatic carbocycles. The molecular formula is C7H10NOS2+. The Kier molecular flexibility index (Phi) is 1.58. The molecule has 2 aliphatic heterocycles. The van der Waals surface area contributed by atoms with Gasteiger partial charge in [-0.25, -0.2) is 4.79 Å². The van der Waals surface area contributed by atoms with E-state index in [-0.39, 0.29) is 11.3 Å². The summed E-state index contributed by atoms with van der Waals surface area (Å²) in [5.74, 6) is 1.96. The van der Waals surface area contributed by atoms with Crippen LogP contribution in [-0.2, 0) is 4.79 Å². The van der Waals surface area contributed by atoms with Gasteiger partial charge in [0, 0.05) is 5.75 Å². The van der Waals surface area contributed by atoms with E-state index in [4.69, 9.17) is 0 Å². The number of carbonyl (C=O) groups excluding carboxylic acids is 1. The van der Waals surface area contributed by atoms with Crippen LogP contribution in [-0.4, -0.2) is 33.6 Å². The predicted molar refractivity (Wildman–Crippen MR) is 49.6 cm³/mol. The molecule has 2 nitrogen and oxygen atoms in total. The SMILES string of the molecule is CC1(CS)C(=O)[N+]2=C1SCC2. The Labute approximate surface area is 75.5 Å². The monoisotopic (exact) mass is 188 g/mol. The number of thiol groups is 1. The summed E-state index contributed by atoms with van der Waals surface area (Å²) >= 11 is 5.99. The lowest BCUT2D eigenvalue weighted by molar-refractivity contribution is -0.469. The molecule has 1 amide bonds. The van der Waals surface area contributed by atoms with Gasteiger partial charge >= 0.3 is 5.91 Å². The van der Waals surface area contributed by atoms with E-state index in [1.54, 1.807) is 11.8 Å². The molecule has 1 atom stereocenters. The van der Waals surface area contributed by atoms with Gasteiger partial charge < -0.3 is 0 Å². The van der Waals surface area contributed by atoms with Crippen molar-refractivity contribution in [2.24, 2.45) is 5.41 Å². The molecule has 4 heteroatoms. The molecule has 2 aliphatic rings. The van der Waals surface area contributed by atoms with Crippen LogP contribution in [0.25, 0.3) is 0 Å². The fraction of sp³-hybridized carbons (Fsp3) is 0.714. The molecule has 2 heterocycles. The smallest absolute Gasteiger partial charge is 0.218 e. The highest BCUT2D eigenvalue weighted by Crippen LogP contribution is 2.39. The number of amides is 1. The van der Waals surface area contributed by atoms with E-state index in [1.807, 2.05) is 11.5 Å². The summed E-state index contributed by atoms with van der Waals surface area (Å²) < 4.78 is 1.88. The zero-order valence-corrected chi connectivity index (χ0v) is 8.04. The van der Waals surface area contributed by atoms with Crippen molar-refractivity contribution in [2.45, 2.75) is 6.92 Å². The van der Waals surface area contributed by atoms with Crippen molar-refractivity contribution in [3.8, 4) is 0 Å². The summed E-state index contributed by atoms with van der Waals surface area (Å²) in [6, 6.07) is 0. The van der Waals surface area contributed by atoms with Gasteiger partial charge in [-0.15, -0.1) is 0 Å². The molecule has 0 aliphatic carbocycles. The van der Waals surface area contributed by atoms with Crippen molar-refractivity contribution in [3.05, 3.63) is 0 Å². The van der Waals surface area contributed by atoms with Gasteiger partial charge in [0.1, 0.15) is 0 Å². The highest BCUT2D eigenvalue weighted by atomic mass is 32.2. The maximum Gasteiger partial charge on any atom is 0.405 e. The fourth-order valence-electron chi connectivity index (χ4n) is 1.54. The third-order valence-electron chi connectivity index (χ3n) is 2.30. The molecule has 0 aromatic heterocycles. The fourth-order valence-corrected chi connectivity index (χ4v) is 3.20. The predicted octanol–water partition coefficient (Wildman–Crippen LogP) is 0.621. The van der Waals surface area contributed by atoms with E-state index in [0.29, 0.717) is 5.75 Å². The van der Waals surface area contributed by atoms with Crippen molar-refractivity contribution in [3.63, 3.8) is 0 Å². The Bertz CT molecular complexity index is 261. The Morgan fingerprint density at radius 2 is 2.55 bits per heavy atom. The second-order valence-electron chi connectivity index (χ2n) is 3.10. The highest BCUT2D eigenvalue weighted by molar-refractivity contribution is 8.14. The Morgan fingerprint density at radius 1 is 1.82 bits per heavy atom. The van der Waals surface area contributed by atoms with Gasteiger partial charge in [0.25, 0.3) is 0 Å². The maximum atomic E-state index is 11.4. The molecule has 60 valence electrons. The standard InChI is InChI=1S/C7H9NOS2/c1-7(4-10)5(9)8-2-3-11-6(7)8/h2-4H2,1H3/p+1. The highest BCUT2D eigenvalue weighted by Gasteiger charge is 2.61. The number of nitrogens with zero attached hydrogens (tertiary/aromatic N) is 1. The lowest BCUT2D eigenvalue weighted by Gasteiger charge is -2.26. The number of rotatable bonds is 1. The first kappa shape index (κ1) is 7.68. The van der Waals surface area contributed by atoms with Gasteiger partial charge in [0.05, 0.1) is 5.75 Å². The van der Waals surface area contributed by atoms with Crippen LogP contribution in [0, 0.1) is 5.41 Å². The van der Waals surface area contributed by atoms with Gasteiger partial charge in [-0.2, -0.15) is 17.2 Å². The minimum Gasteiger partial charge on any atom is -0.218 e. The zero-order chi connectivity index (χ0) is 8.06. The Balaban J connectivity index is 2.38. The average molecular weight is 188 g/mol. The molecule has 0 fully saturated rings. The van der Waals surface area contributed by atoms with Crippen molar-refractivity contribution in [1.29, 1.82) is 0 Å². The first-order valence-corrected chi connectivity index (χ1v) is 5.25. The van der Waals surface area contributed by atoms with Gasteiger partial charge in [-0.05, 0) is 6.92 Å². The van der Waals surface area contributed by atoms with Crippen LogP contribution < -0.4 is 0 Å². The van der Waals surface area contributed by atoms with Gasteiger partial charge in [-0.1, -0.05) is 11.8 Å². The molecule has 0 saturated carbocycles. The van der Waals surface area contributed by atoms with Crippen LogP contribution in [0.1, 0.15) is 6.92 Å². The van der Waals surface area contributed by atoms with E-state index in [0.717, 1.165) is 12.3 Å². The zero-order valence-electron chi connectivity index (χ0n) is 6.33. The van der Waals surface area contributed by atoms with Crippen LogP contribution in [0.5, 0.6) is 0 Å². The summed E-state index contributed by atoms with van der Waals surface area (Å²) in [6.45, 7) is 2.88. The van der Waals surface area contributed by atoms with Crippen LogP contribution in [0.2, 0.25) is 0 Å². The molecular weight excluding hydrogens is 178 g/mol. The summed E-state index contributed by atoms with van der Waals surface area (Å²) in [5, 5.41) is 1.23. The van der Waals surface area contributed by atoms with Gasteiger partial charge in [0.2, 0.25) is 5.04 Å². The Morgan fingerprint density at radius 3 is 3.18 bits per heavy atom. The lowest BCUT2D eigenvalue weighted by Crippen LogP contribution is -2.55. The number of hydrogen-bond acceptors (Lipinski definition) is 3. The van der Waals surface area contributed by atoms with Crippen molar-refractivity contribution >= 4 is 35.3 Å². The third-order valence-corrected chi connectivity index (χ3v) is 4.27. The van der Waals surface area contributed by atoms with E-state index >= 15 is 0 Å².